The molecule has 1 saturated heterocycles. The Kier molecular flexibility index (Phi) is 7.67. The fourth-order valence-electron chi connectivity index (χ4n) is 2.64. The van der Waals surface area contributed by atoms with Gasteiger partial charge in [0.05, 0.1) is 19.1 Å². The molecule has 0 aromatic heterocycles. The van der Waals surface area contributed by atoms with Crippen LogP contribution in [0.4, 0.5) is 0 Å². The topological polar surface area (TPSA) is 70.1 Å². The van der Waals surface area contributed by atoms with Crippen molar-refractivity contribution in [3.05, 3.63) is 0 Å². The molecule has 0 bridgehead atoms. The summed E-state index contributed by atoms with van der Waals surface area (Å²) in [5.74, 6) is -0.457. The lowest BCUT2D eigenvalue weighted by Crippen LogP contribution is -2.46. The Bertz CT molecular complexity index is 339. The number of amides is 1. The third-order valence-corrected chi connectivity index (χ3v) is 3.79. The maximum Gasteiger partial charge on any atom is 0.306 e. The lowest BCUT2D eigenvalue weighted by molar-refractivity contribution is -0.146. The molecule has 1 rings (SSSR count). The van der Waals surface area contributed by atoms with Gasteiger partial charge >= 0.3 is 5.97 Å². The summed E-state index contributed by atoms with van der Waals surface area (Å²) in [5.41, 5.74) is 0. The minimum absolute atomic E-state index is 0.0931. The maximum atomic E-state index is 12.3. The van der Waals surface area contributed by atoms with Gasteiger partial charge in [-0.2, -0.15) is 0 Å². The van der Waals surface area contributed by atoms with Crippen LogP contribution in [0, 0.1) is 11.8 Å². The third kappa shape index (κ3) is 6.44. The molecule has 21 heavy (non-hydrogen) atoms. The summed E-state index contributed by atoms with van der Waals surface area (Å²) in [7, 11) is 1.66. The highest BCUT2D eigenvalue weighted by Gasteiger charge is 2.27. The van der Waals surface area contributed by atoms with Gasteiger partial charge in [0, 0.05) is 33.3 Å². The summed E-state index contributed by atoms with van der Waals surface area (Å²) >= 11 is 0. The van der Waals surface area contributed by atoms with Crippen LogP contribution in [0.1, 0.15) is 26.7 Å². The molecule has 1 fully saturated rings. The van der Waals surface area contributed by atoms with E-state index >= 15 is 0 Å². The smallest absolute Gasteiger partial charge is 0.306 e. The Hall–Kier alpha value is -1.14. The number of carbonyl (C=O) groups excluding carboxylic acids is 1. The number of piperidine rings is 1. The van der Waals surface area contributed by atoms with Crippen molar-refractivity contribution in [1.29, 1.82) is 0 Å². The van der Waals surface area contributed by atoms with Crippen LogP contribution in [-0.2, 0) is 14.3 Å². The highest BCUT2D eigenvalue weighted by atomic mass is 16.5. The summed E-state index contributed by atoms with van der Waals surface area (Å²) in [6.45, 7) is 7.96. The molecule has 1 N–H and O–H groups in total. The van der Waals surface area contributed by atoms with Gasteiger partial charge in [-0.05, 0) is 18.8 Å². The zero-order valence-electron chi connectivity index (χ0n) is 13.4. The normalized spacial score (nSPS) is 16.7. The SMILES string of the molecule is COCCN(CC(=O)N1CCC(C(=O)O)CC1)CC(C)C. The van der Waals surface area contributed by atoms with Gasteiger partial charge in [-0.25, -0.2) is 0 Å². The number of carboxylic acids is 1. The van der Waals surface area contributed by atoms with Crippen LogP contribution in [0.5, 0.6) is 0 Å². The quantitative estimate of drug-likeness (QED) is 0.721. The molecule has 0 spiro atoms. The fourth-order valence-corrected chi connectivity index (χ4v) is 2.64. The molecule has 0 unspecified atom stereocenters. The summed E-state index contributed by atoms with van der Waals surface area (Å²) in [6.07, 6.45) is 1.12. The molecule has 0 aromatic rings. The third-order valence-electron chi connectivity index (χ3n) is 3.79. The van der Waals surface area contributed by atoms with Gasteiger partial charge in [-0.1, -0.05) is 13.8 Å². The average molecular weight is 300 g/mol. The largest absolute Gasteiger partial charge is 0.481 e. The van der Waals surface area contributed by atoms with E-state index in [4.69, 9.17) is 9.84 Å². The minimum atomic E-state index is -0.747. The van der Waals surface area contributed by atoms with Crippen molar-refractivity contribution in [2.45, 2.75) is 26.7 Å². The predicted octanol–water partition coefficient (Wildman–Crippen LogP) is 0.914. The first-order valence-corrected chi connectivity index (χ1v) is 7.66. The van der Waals surface area contributed by atoms with Crippen molar-refractivity contribution in [2.75, 3.05) is 46.4 Å². The summed E-state index contributed by atoms with van der Waals surface area (Å²) < 4.78 is 5.09. The van der Waals surface area contributed by atoms with Crippen molar-refractivity contribution in [2.24, 2.45) is 11.8 Å². The van der Waals surface area contributed by atoms with Crippen LogP contribution >= 0.6 is 0 Å². The predicted molar refractivity (Wildman–Crippen MR) is 80.1 cm³/mol. The Morgan fingerprint density at radius 2 is 1.95 bits per heavy atom. The lowest BCUT2D eigenvalue weighted by Gasteiger charge is -2.32. The van der Waals surface area contributed by atoms with Crippen molar-refractivity contribution < 1.29 is 19.4 Å². The van der Waals surface area contributed by atoms with Gasteiger partial charge in [0.25, 0.3) is 0 Å². The Balaban J connectivity index is 2.44. The zero-order valence-corrected chi connectivity index (χ0v) is 13.4. The molecule has 6 nitrogen and oxygen atoms in total. The van der Waals surface area contributed by atoms with E-state index in [1.54, 1.807) is 12.0 Å². The van der Waals surface area contributed by atoms with E-state index in [0.29, 0.717) is 45.0 Å². The van der Waals surface area contributed by atoms with E-state index < -0.39 is 5.97 Å². The Morgan fingerprint density at radius 1 is 1.33 bits per heavy atom. The number of ether oxygens (including phenoxy) is 1. The molecule has 1 aliphatic rings. The van der Waals surface area contributed by atoms with Crippen LogP contribution in [0.3, 0.4) is 0 Å². The lowest BCUT2D eigenvalue weighted by atomic mass is 9.97. The maximum absolute atomic E-state index is 12.3. The molecule has 0 saturated carbocycles. The summed E-state index contributed by atoms with van der Waals surface area (Å²) in [4.78, 5) is 27.2. The summed E-state index contributed by atoms with van der Waals surface area (Å²) in [6, 6.07) is 0. The number of nitrogens with zero attached hydrogens (tertiary/aromatic N) is 2. The van der Waals surface area contributed by atoms with E-state index in [1.165, 1.54) is 0 Å². The van der Waals surface area contributed by atoms with Crippen molar-refractivity contribution >= 4 is 11.9 Å². The molecule has 0 aromatic carbocycles. The van der Waals surface area contributed by atoms with E-state index in [1.807, 2.05) is 0 Å². The van der Waals surface area contributed by atoms with Crippen molar-refractivity contribution in [3.63, 3.8) is 0 Å². The number of methoxy groups -OCH3 is 1. The minimum Gasteiger partial charge on any atom is -0.481 e. The average Bonchev–Trinajstić information content (AvgIpc) is 2.44. The zero-order chi connectivity index (χ0) is 15.8. The Labute approximate surface area is 127 Å². The van der Waals surface area contributed by atoms with E-state index in [2.05, 4.69) is 18.7 Å². The van der Waals surface area contributed by atoms with Crippen molar-refractivity contribution in [1.82, 2.24) is 9.80 Å². The number of carboxylic acid groups (broad SMARTS) is 1. The van der Waals surface area contributed by atoms with Crippen LogP contribution in [-0.4, -0.2) is 73.2 Å². The molecule has 122 valence electrons. The highest BCUT2D eigenvalue weighted by Crippen LogP contribution is 2.17. The van der Waals surface area contributed by atoms with Crippen LogP contribution in [0.25, 0.3) is 0 Å². The second kappa shape index (κ2) is 9.00. The fraction of sp³-hybridized carbons (Fsp3) is 0.867. The first kappa shape index (κ1) is 17.9. The van der Waals surface area contributed by atoms with Gasteiger partial charge < -0.3 is 14.7 Å². The first-order valence-electron chi connectivity index (χ1n) is 7.66. The van der Waals surface area contributed by atoms with Gasteiger partial charge in [-0.15, -0.1) is 0 Å². The van der Waals surface area contributed by atoms with Gasteiger partial charge in [0.15, 0.2) is 0 Å². The molecule has 6 heteroatoms. The van der Waals surface area contributed by atoms with Crippen LogP contribution in [0.15, 0.2) is 0 Å². The van der Waals surface area contributed by atoms with E-state index in [-0.39, 0.29) is 11.8 Å². The second-order valence-corrected chi connectivity index (χ2v) is 6.12. The molecule has 1 aliphatic heterocycles. The number of aliphatic carboxylic acids is 1. The number of likely N-dealkylation sites (tertiary alicyclic amines) is 1. The van der Waals surface area contributed by atoms with Crippen LogP contribution in [0.2, 0.25) is 0 Å². The van der Waals surface area contributed by atoms with E-state index in [9.17, 15) is 9.59 Å². The number of rotatable bonds is 8. The van der Waals surface area contributed by atoms with Crippen molar-refractivity contribution in [3.8, 4) is 0 Å². The van der Waals surface area contributed by atoms with Gasteiger partial charge in [0.2, 0.25) is 5.91 Å². The molecule has 1 amide bonds. The van der Waals surface area contributed by atoms with Gasteiger partial charge in [-0.3, -0.25) is 14.5 Å². The van der Waals surface area contributed by atoms with Gasteiger partial charge in [0.1, 0.15) is 0 Å². The first-order chi connectivity index (χ1) is 9.93. The van der Waals surface area contributed by atoms with Crippen LogP contribution < -0.4 is 0 Å². The molecule has 0 radical (unpaired) electrons. The highest BCUT2D eigenvalue weighted by molar-refractivity contribution is 5.79. The number of carbonyl (C=O) groups is 2. The number of hydrogen-bond donors (Lipinski definition) is 1. The molecule has 1 heterocycles. The molecular weight excluding hydrogens is 272 g/mol. The molecular formula is C15H28N2O4. The number of hydrogen-bond acceptors (Lipinski definition) is 4. The summed E-state index contributed by atoms with van der Waals surface area (Å²) in [5, 5.41) is 8.98. The standard InChI is InChI=1S/C15H28N2O4/c1-12(2)10-16(8-9-21-3)11-14(18)17-6-4-13(5-7-17)15(19)20/h12-13H,4-11H2,1-3H3,(H,19,20). The van der Waals surface area contributed by atoms with E-state index in [0.717, 1.165) is 13.1 Å². The second-order valence-electron chi connectivity index (χ2n) is 6.12. The molecule has 0 atom stereocenters. The Morgan fingerprint density at radius 3 is 2.43 bits per heavy atom. The monoisotopic (exact) mass is 300 g/mol. The molecule has 0 aliphatic carbocycles.